The maximum absolute atomic E-state index is 11.5. The number of rotatable bonds is 9. The van der Waals surface area contributed by atoms with Crippen molar-refractivity contribution in [3.63, 3.8) is 0 Å². The molecule has 0 aliphatic rings. The Hall–Kier alpha value is -3.36. The summed E-state index contributed by atoms with van der Waals surface area (Å²) in [5.41, 5.74) is 0.558. The number of hydrogen-bond donors (Lipinski definition) is 0. The molecule has 9 nitrogen and oxygen atoms in total. The number of carbonyl (C=O) groups is 6. The van der Waals surface area contributed by atoms with Crippen molar-refractivity contribution < 1.29 is 43.0 Å². The summed E-state index contributed by atoms with van der Waals surface area (Å²) >= 11 is 0. The smallest absolute Gasteiger partial charge is 0.333 e. The van der Waals surface area contributed by atoms with E-state index >= 15 is 0 Å². The predicted octanol–water partition coefficient (Wildman–Crippen LogP) is 1.84. The van der Waals surface area contributed by atoms with E-state index in [0.717, 1.165) is 12.2 Å². The van der Waals surface area contributed by atoms with Gasteiger partial charge in [0.15, 0.2) is 17.3 Å². The highest BCUT2D eigenvalue weighted by molar-refractivity contribution is 6.12. The van der Waals surface area contributed by atoms with Gasteiger partial charge < -0.3 is 14.2 Å². The van der Waals surface area contributed by atoms with Crippen LogP contribution in [0.2, 0.25) is 0 Å². The number of carbonyl (C=O) groups excluding carboxylic acids is 6. The van der Waals surface area contributed by atoms with Crippen molar-refractivity contribution in [1.82, 2.24) is 0 Å². The molecule has 0 unspecified atom stereocenters. The van der Waals surface area contributed by atoms with Gasteiger partial charge in [0, 0.05) is 23.1 Å². The van der Waals surface area contributed by atoms with E-state index in [-0.39, 0.29) is 16.9 Å². The molecule has 9 heteroatoms. The van der Waals surface area contributed by atoms with Gasteiger partial charge in [-0.15, -0.1) is 0 Å². The van der Waals surface area contributed by atoms with E-state index in [2.05, 4.69) is 14.2 Å². The molecular formula is C21H28O9. The summed E-state index contributed by atoms with van der Waals surface area (Å²) in [6.07, 6.45) is 3.35. The summed E-state index contributed by atoms with van der Waals surface area (Å²) in [5, 5.41) is 0. The number of hydrogen-bond acceptors (Lipinski definition) is 9. The van der Waals surface area contributed by atoms with Crippen molar-refractivity contribution in [3.05, 3.63) is 34.9 Å². The molecule has 0 saturated carbocycles. The highest BCUT2D eigenvalue weighted by Gasteiger charge is 2.11. The second-order valence-electron chi connectivity index (χ2n) is 5.89. The van der Waals surface area contributed by atoms with Gasteiger partial charge in [0.1, 0.15) is 0 Å². The molecule has 0 aromatic carbocycles. The van der Waals surface area contributed by atoms with Crippen LogP contribution in [0.25, 0.3) is 0 Å². The molecule has 0 amide bonds. The van der Waals surface area contributed by atoms with Crippen LogP contribution in [0, 0.1) is 0 Å². The van der Waals surface area contributed by atoms with Gasteiger partial charge in [-0.3, -0.25) is 14.4 Å². The van der Waals surface area contributed by atoms with Gasteiger partial charge in [-0.2, -0.15) is 0 Å². The first-order chi connectivity index (χ1) is 13.9. The first kappa shape index (κ1) is 28.8. The van der Waals surface area contributed by atoms with E-state index in [4.69, 9.17) is 0 Å². The molecule has 166 valence electrons. The largest absolute Gasteiger partial charge is 0.466 e. The molecule has 0 aromatic rings. The third-order valence-electron chi connectivity index (χ3n) is 3.35. The third kappa shape index (κ3) is 12.9. The second kappa shape index (κ2) is 15.5. The zero-order valence-electron chi connectivity index (χ0n) is 18.3. The van der Waals surface area contributed by atoms with E-state index < -0.39 is 35.9 Å². The Morgan fingerprint density at radius 1 is 0.567 bits per heavy atom. The molecule has 0 N–H and O–H groups in total. The Morgan fingerprint density at radius 2 is 0.833 bits per heavy atom. The van der Waals surface area contributed by atoms with Crippen molar-refractivity contribution in [2.45, 2.75) is 40.5 Å². The summed E-state index contributed by atoms with van der Waals surface area (Å²) in [6.45, 7) is 6.11. The summed E-state index contributed by atoms with van der Waals surface area (Å²) < 4.78 is 13.2. The third-order valence-corrected chi connectivity index (χ3v) is 3.35. The fourth-order valence-corrected chi connectivity index (χ4v) is 1.76. The van der Waals surface area contributed by atoms with Crippen molar-refractivity contribution in [1.29, 1.82) is 0 Å². The fraction of sp³-hybridized carbons (Fsp3) is 0.429. The van der Waals surface area contributed by atoms with Gasteiger partial charge in [0.25, 0.3) is 0 Å². The van der Waals surface area contributed by atoms with Crippen molar-refractivity contribution in [3.8, 4) is 0 Å². The minimum Gasteiger partial charge on any atom is -0.466 e. The van der Waals surface area contributed by atoms with Crippen molar-refractivity contribution >= 4 is 35.3 Å². The molecular weight excluding hydrogens is 396 g/mol. The molecule has 0 fully saturated rings. The highest BCUT2D eigenvalue weighted by Crippen LogP contribution is 2.02. The normalized spacial score (nSPS) is 11.5. The van der Waals surface area contributed by atoms with Gasteiger partial charge in [-0.05, 0) is 39.0 Å². The van der Waals surface area contributed by atoms with Crippen LogP contribution in [0.3, 0.4) is 0 Å². The topological polar surface area (TPSA) is 130 Å². The summed E-state index contributed by atoms with van der Waals surface area (Å²) in [6, 6.07) is 0. The standard InChI is InChI=1S/C13H16O6.C8H12O3/c1-8(12(16)18-3)5-10(14)7-11(15)6-9(2)13(17)19-4;1-4-7(9)5-6(2)8(10)11-3/h5-6H,7H2,1-4H3;5H,4H2,1-3H3/b8-5-,9-6+;6-5-. The van der Waals surface area contributed by atoms with Crippen LogP contribution in [0.1, 0.15) is 40.5 Å². The van der Waals surface area contributed by atoms with Crippen molar-refractivity contribution in [2.24, 2.45) is 0 Å². The van der Waals surface area contributed by atoms with Crippen LogP contribution in [0.15, 0.2) is 34.9 Å². The van der Waals surface area contributed by atoms with Gasteiger partial charge >= 0.3 is 17.9 Å². The Bertz CT molecular complexity index is 725. The first-order valence-electron chi connectivity index (χ1n) is 8.81. The van der Waals surface area contributed by atoms with Crippen LogP contribution >= 0.6 is 0 Å². The molecule has 30 heavy (non-hydrogen) atoms. The maximum atomic E-state index is 11.5. The summed E-state index contributed by atoms with van der Waals surface area (Å²) in [7, 11) is 3.67. The summed E-state index contributed by atoms with van der Waals surface area (Å²) in [4.78, 5) is 66.5. The minimum atomic E-state index is -0.637. The number of methoxy groups -OCH3 is 3. The monoisotopic (exact) mass is 424 g/mol. The minimum absolute atomic E-state index is 0.0621. The maximum Gasteiger partial charge on any atom is 0.333 e. The van der Waals surface area contributed by atoms with Gasteiger partial charge in [-0.1, -0.05) is 6.92 Å². The molecule has 0 bridgehead atoms. The van der Waals surface area contributed by atoms with Crippen LogP contribution in [0.5, 0.6) is 0 Å². The predicted molar refractivity (Wildman–Crippen MR) is 107 cm³/mol. The molecule has 0 aromatic heterocycles. The van der Waals surface area contributed by atoms with Crippen molar-refractivity contribution in [2.75, 3.05) is 21.3 Å². The molecule has 0 atom stereocenters. The van der Waals surface area contributed by atoms with Crippen LogP contribution < -0.4 is 0 Å². The zero-order valence-corrected chi connectivity index (χ0v) is 18.3. The van der Waals surface area contributed by atoms with E-state index in [9.17, 15) is 28.8 Å². The quantitative estimate of drug-likeness (QED) is 0.235. The Balaban J connectivity index is 0. The number of ketones is 3. The van der Waals surface area contributed by atoms with E-state index in [0.29, 0.717) is 12.0 Å². The highest BCUT2D eigenvalue weighted by atomic mass is 16.5. The van der Waals surface area contributed by atoms with E-state index in [1.807, 2.05) is 0 Å². The SMILES string of the molecule is CCC(=O)/C=C(/C)C(=O)OC.COC(=O)/C(C)=C\C(=O)CC(=O)/C=C(\C)C(=O)OC. The fourth-order valence-electron chi connectivity index (χ4n) is 1.76. The molecule has 0 rings (SSSR count). The average Bonchev–Trinajstić information content (AvgIpc) is 2.71. The number of allylic oxidation sites excluding steroid dienone is 3. The molecule has 0 aliphatic carbocycles. The Labute approximate surface area is 175 Å². The van der Waals surface area contributed by atoms with Gasteiger partial charge in [0.05, 0.1) is 27.8 Å². The lowest BCUT2D eigenvalue weighted by atomic mass is 10.1. The van der Waals surface area contributed by atoms with E-state index in [1.165, 1.54) is 41.3 Å². The molecule has 0 spiro atoms. The lowest BCUT2D eigenvalue weighted by Gasteiger charge is -1.99. The second-order valence-corrected chi connectivity index (χ2v) is 5.89. The first-order valence-corrected chi connectivity index (χ1v) is 8.81. The summed E-state index contributed by atoms with van der Waals surface area (Å²) in [5.74, 6) is -2.87. The van der Waals surface area contributed by atoms with Gasteiger partial charge in [0.2, 0.25) is 0 Å². The lowest BCUT2D eigenvalue weighted by molar-refractivity contribution is -0.137. The Kier molecular flexibility index (Phi) is 15.0. The molecule has 0 aliphatic heterocycles. The van der Waals surface area contributed by atoms with Crippen LogP contribution in [-0.4, -0.2) is 56.6 Å². The zero-order chi connectivity index (χ0) is 23.9. The number of esters is 3. The van der Waals surface area contributed by atoms with Gasteiger partial charge in [-0.25, -0.2) is 14.4 Å². The molecule has 0 radical (unpaired) electrons. The van der Waals surface area contributed by atoms with E-state index in [1.54, 1.807) is 13.8 Å². The Morgan fingerprint density at radius 3 is 1.07 bits per heavy atom. The van der Waals surface area contributed by atoms with Crippen LogP contribution in [0.4, 0.5) is 0 Å². The molecule has 0 heterocycles. The van der Waals surface area contributed by atoms with Crippen LogP contribution in [-0.2, 0) is 43.0 Å². The average molecular weight is 424 g/mol. The number of ether oxygens (including phenoxy) is 3. The molecule has 0 saturated heterocycles. The lowest BCUT2D eigenvalue weighted by Crippen LogP contribution is -2.09.